The van der Waals surface area contributed by atoms with Gasteiger partial charge < -0.3 is 19.9 Å². The van der Waals surface area contributed by atoms with Crippen LogP contribution in [0.2, 0.25) is 0 Å². The van der Waals surface area contributed by atoms with Crippen molar-refractivity contribution in [2.45, 2.75) is 19.4 Å². The van der Waals surface area contributed by atoms with Gasteiger partial charge in [-0.05, 0) is 30.2 Å². The molecule has 2 rings (SSSR count). The number of fused-ring (bicyclic) bond motifs is 1. The summed E-state index contributed by atoms with van der Waals surface area (Å²) < 4.78 is 33.8. The Labute approximate surface area is 151 Å². The van der Waals surface area contributed by atoms with E-state index < -0.39 is 27.8 Å². The average molecular weight is 383 g/mol. The quantitative estimate of drug-likeness (QED) is 0.639. The van der Waals surface area contributed by atoms with Crippen LogP contribution in [0.4, 0.5) is 0 Å². The molecule has 142 valence electrons. The molecule has 0 radical (unpaired) electrons. The summed E-state index contributed by atoms with van der Waals surface area (Å²) in [7, 11) is -3.31. The molecule has 1 aliphatic rings. The predicted molar refractivity (Wildman–Crippen MR) is 95.0 cm³/mol. The number of hydrogen-bond acceptors (Lipinski definition) is 6. The first-order valence-corrected chi connectivity index (χ1v) is 9.94. The maximum atomic E-state index is 11.9. The van der Waals surface area contributed by atoms with Crippen molar-refractivity contribution in [1.82, 2.24) is 5.32 Å². The van der Waals surface area contributed by atoms with Gasteiger partial charge in [0, 0.05) is 11.8 Å². The fraction of sp³-hybridized carbons (Fsp3) is 0.412. The second-order valence-corrected chi connectivity index (χ2v) is 8.13. The second kappa shape index (κ2) is 8.70. The minimum absolute atomic E-state index is 0.0721. The summed E-state index contributed by atoms with van der Waals surface area (Å²) in [6.07, 6.45) is 2.51. The molecule has 1 unspecified atom stereocenters. The maximum Gasteiger partial charge on any atom is 0.326 e. The van der Waals surface area contributed by atoms with Crippen LogP contribution in [0.5, 0.6) is 11.5 Å². The van der Waals surface area contributed by atoms with Crippen molar-refractivity contribution >= 4 is 27.8 Å². The van der Waals surface area contributed by atoms with E-state index in [2.05, 4.69) is 5.32 Å². The number of hydrogen-bond donors (Lipinski definition) is 2. The highest BCUT2D eigenvalue weighted by Crippen LogP contribution is 2.31. The Morgan fingerprint density at radius 3 is 2.62 bits per heavy atom. The lowest BCUT2D eigenvalue weighted by Crippen LogP contribution is -2.41. The highest BCUT2D eigenvalue weighted by Gasteiger charge is 2.21. The van der Waals surface area contributed by atoms with E-state index in [-0.39, 0.29) is 17.9 Å². The lowest BCUT2D eigenvalue weighted by Gasteiger charge is -2.18. The number of carbonyl (C=O) groups excluding carboxylic acids is 1. The molecule has 1 atom stereocenters. The minimum Gasteiger partial charge on any atom is -0.486 e. The van der Waals surface area contributed by atoms with Crippen LogP contribution in [-0.2, 0) is 19.4 Å². The highest BCUT2D eigenvalue weighted by molar-refractivity contribution is 7.91. The average Bonchev–Trinajstić information content (AvgIpc) is 2.63. The van der Waals surface area contributed by atoms with Crippen LogP contribution < -0.4 is 14.8 Å². The second-order valence-electron chi connectivity index (χ2n) is 5.66. The molecule has 0 saturated carbocycles. The molecular formula is C17H21NO7S. The van der Waals surface area contributed by atoms with Gasteiger partial charge in [0.2, 0.25) is 5.91 Å². The number of rotatable bonds is 8. The zero-order valence-corrected chi connectivity index (χ0v) is 15.1. The molecule has 8 nitrogen and oxygen atoms in total. The third kappa shape index (κ3) is 5.76. The molecule has 0 aliphatic carbocycles. The number of benzene rings is 1. The lowest BCUT2D eigenvalue weighted by atomic mass is 10.1. The Morgan fingerprint density at radius 2 is 1.96 bits per heavy atom. The monoisotopic (exact) mass is 383 g/mol. The summed E-state index contributed by atoms with van der Waals surface area (Å²) in [6, 6.07) is 3.90. The molecule has 0 saturated heterocycles. The number of carbonyl (C=O) groups is 2. The van der Waals surface area contributed by atoms with Crippen molar-refractivity contribution in [2.75, 3.05) is 24.7 Å². The van der Waals surface area contributed by atoms with Crippen molar-refractivity contribution < 1.29 is 32.6 Å². The molecule has 1 heterocycles. The number of amides is 1. The molecule has 26 heavy (non-hydrogen) atoms. The molecule has 1 aromatic carbocycles. The van der Waals surface area contributed by atoms with Crippen LogP contribution in [0, 0.1) is 0 Å². The normalized spacial score (nSPS) is 14.8. The Morgan fingerprint density at radius 1 is 1.27 bits per heavy atom. The smallest absolute Gasteiger partial charge is 0.326 e. The summed E-state index contributed by atoms with van der Waals surface area (Å²) in [5.41, 5.74) is 0.685. The summed E-state index contributed by atoms with van der Waals surface area (Å²) in [6.45, 7) is 2.41. The van der Waals surface area contributed by atoms with Gasteiger partial charge in [0.25, 0.3) is 0 Å². The van der Waals surface area contributed by atoms with Crippen LogP contribution in [0.25, 0.3) is 6.08 Å². The fourth-order valence-corrected chi connectivity index (χ4v) is 3.14. The summed E-state index contributed by atoms with van der Waals surface area (Å²) in [4.78, 5) is 23.2. The van der Waals surface area contributed by atoms with Gasteiger partial charge in [-0.25, -0.2) is 13.2 Å². The molecule has 0 bridgehead atoms. The van der Waals surface area contributed by atoms with E-state index >= 15 is 0 Å². The summed E-state index contributed by atoms with van der Waals surface area (Å²) >= 11 is 0. The largest absolute Gasteiger partial charge is 0.486 e. The molecule has 1 aliphatic heterocycles. The first-order chi connectivity index (χ1) is 12.3. The highest BCUT2D eigenvalue weighted by atomic mass is 32.2. The molecule has 1 aromatic rings. The van der Waals surface area contributed by atoms with Crippen molar-refractivity contribution in [3.63, 3.8) is 0 Å². The van der Waals surface area contributed by atoms with Gasteiger partial charge >= 0.3 is 5.97 Å². The molecule has 0 fully saturated rings. The number of ether oxygens (including phenoxy) is 2. The third-order valence-corrected chi connectivity index (χ3v) is 5.50. The van der Waals surface area contributed by atoms with Crippen LogP contribution in [0.15, 0.2) is 24.3 Å². The molecule has 0 aromatic heterocycles. The predicted octanol–water partition coefficient (Wildman–Crippen LogP) is 0.865. The summed E-state index contributed by atoms with van der Waals surface area (Å²) in [5, 5.41) is 11.4. The van der Waals surface area contributed by atoms with E-state index in [4.69, 9.17) is 14.6 Å². The SMILES string of the molecule is CCS(=O)(=O)CCC(NC(=O)/C=C\c1ccc2c(c1)OCCO2)C(=O)O. The first-order valence-electron chi connectivity index (χ1n) is 8.12. The van der Waals surface area contributed by atoms with Gasteiger partial charge in [0.15, 0.2) is 11.5 Å². The van der Waals surface area contributed by atoms with Crippen LogP contribution in [-0.4, -0.2) is 56.2 Å². The topological polar surface area (TPSA) is 119 Å². The number of nitrogens with one attached hydrogen (secondary N) is 1. The van der Waals surface area contributed by atoms with Gasteiger partial charge in [-0.1, -0.05) is 13.0 Å². The van der Waals surface area contributed by atoms with Crippen molar-refractivity contribution in [1.29, 1.82) is 0 Å². The molecule has 0 spiro atoms. The molecular weight excluding hydrogens is 362 g/mol. The van der Waals surface area contributed by atoms with Gasteiger partial charge in [0.05, 0.1) is 5.75 Å². The molecule has 2 N–H and O–H groups in total. The Hall–Kier alpha value is -2.55. The van der Waals surface area contributed by atoms with Gasteiger partial charge in [-0.3, -0.25) is 4.79 Å². The van der Waals surface area contributed by atoms with Gasteiger partial charge in [0.1, 0.15) is 29.1 Å². The van der Waals surface area contributed by atoms with E-state index in [0.29, 0.717) is 30.3 Å². The van der Waals surface area contributed by atoms with E-state index in [0.717, 1.165) is 0 Å². The number of aliphatic carboxylic acids is 1. The van der Waals surface area contributed by atoms with Crippen LogP contribution in [0.1, 0.15) is 18.9 Å². The zero-order valence-electron chi connectivity index (χ0n) is 14.3. The van der Waals surface area contributed by atoms with Crippen molar-refractivity contribution in [3.8, 4) is 11.5 Å². The van der Waals surface area contributed by atoms with E-state index in [1.54, 1.807) is 18.2 Å². The van der Waals surface area contributed by atoms with E-state index in [9.17, 15) is 18.0 Å². The number of sulfone groups is 1. The Kier molecular flexibility index (Phi) is 6.62. The molecule has 9 heteroatoms. The zero-order chi connectivity index (χ0) is 19.2. The van der Waals surface area contributed by atoms with Gasteiger partial charge in [-0.2, -0.15) is 0 Å². The first kappa shape index (κ1) is 19.8. The summed E-state index contributed by atoms with van der Waals surface area (Å²) in [5.74, 6) is -1.07. The van der Waals surface area contributed by atoms with Gasteiger partial charge in [-0.15, -0.1) is 0 Å². The lowest BCUT2D eigenvalue weighted by molar-refractivity contribution is -0.141. The van der Waals surface area contributed by atoms with E-state index in [1.165, 1.54) is 19.1 Å². The molecule has 1 amide bonds. The minimum atomic E-state index is -3.31. The third-order valence-electron chi connectivity index (χ3n) is 3.77. The standard InChI is InChI=1S/C17H21NO7S/c1-2-26(22,23)10-7-13(17(20)21)18-16(19)6-4-12-3-5-14-15(11-12)25-9-8-24-14/h3-6,11,13H,2,7-10H2,1H3,(H,18,19)(H,20,21)/b6-4-. The Bertz CT molecular complexity index is 801. The maximum absolute atomic E-state index is 11.9. The van der Waals surface area contributed by atoms with Crippen LogP contribution in [0.3, 0.4) is 0 Å². The Balaban J connectivity index is 1.97. The van der Waals surface area contributed by atoms with Crippen molar-refractivity contribution in [3.05, 3.63) is 29.8 Å². The van der Waals surface area contributed by atoms with E-state index in [1.807, 2.05) is 0 Å². The van der Waals surface area contributed by atoms with Crippen LogP contribution >= 0.6 is 0 Å². The van der Waals surface area contributed by atoms with Crippen molar-refractivity contribution in [2.24, 2.45) is 0 Å². The number of carboxylic acid groups (broad SMARTS) is 1. The fourth-order valence-electron chi connectivity index (χ4n) is 2.25. The number of carboxylic acids is 1.